The predicted octanol–water partition coefficient (Wildman–Crippen LogP) is 2.80. The molecule has 0 saturated carbocycles. The van der Waals surface area contributed by atoms with Crippen LogP contribution in [0.25, 0.3) is 0 Å². The summed E-state index contributed by atoms with van der Waals surface area (Å²) in [4.78, 5) is 25.8. The summed E-state index contributed by atoms with van der Waals surface area (Å²) < 4.78 is 10.5. The SMILES string of the molecule is COc1cccc(CCNC(=O)CCN(Cc2ccccc2OC)C(C)=O)c1. The van der Waals surface area contributed by atoms with Gasteiger partial charge < -0.3 is 19.7 Å². The highest BCUT2D eigenvalue weighted by Crippen LogP contribution is 2.19. The van der Waals surface area contributed by atoms with Crippen LogP contribution in [-0.2, 0) is 22.6 Å². The Morgan fingerprint density at radius 2 is 1.82 bits per heavy atom. The molecule has 0 unspecified atom stereocenters. The fourth-order valence-corrected chi connectivity index (χ4v) is 2.89. The summed E-state index contributed by atoms with van der Waals surface area (Å²) in [6, 6.07) is 15.3. The van der Waals surface area contributed by atoms with E-state index in [1.165, 1.54) is 6.92 Å². The third kappa shape index (κ3) is 6.61. The van der Waals surface area contributed by atoms with Crippen LogP contribution in [0.2, 0.25) is 0 Å². The maximum absolute atomic E-state index is 12.2. The van der Waals surface area contributed by atoms with Crippen LogP contribution >= 0.6 is 0 Å². The number of para-hydroxylation sites is 1. The lowest BCUT2D eigenvalue weighted by Crippen LogP contribution is -2.34. The Morgan fingerprint density at radius 3 is 2.54 bits per heavy atom. The molecular weight excluding hydrogens is 356 g/mol. The van der Waals surface area contributed by atoms with Crippen LogP contribution in [0.1, 0.15) is 24.5 Å². The van der Waals surface area contributed by atoms with Gasteiger partial charge in [-0.15, -0.1) is 0 Å². The largest absolute Gasteiger partial charge is 0.497 e. The molecule has 0 aliphatic carbocycles. The molecule has 0 radical (unpaired) electrons. The normalized spacial score (nSPS) is 10.2. The lowest BCUT2D eigenvalue weighted by Gasteiger charge is -2.22. The number of nitrogens with one attached hydrogen (secondary N) is 1. The van der Waals surface area contributed by atoms with Crippen molar-refractivity contribution in [2.45, 2.75) is 26.3 Å². The zero-order valence-electron chi connectivity index (χ0n) is 16.7. The van der Waals surface area contributed by atoms with E-state index >= 15 is 0 Å². The van der Waals surface area contributed by atoms with Crippen LogP contribution in [0.15, 0.2) is 48.5 Å². The van der Waals surface area contributed by atoms with Crippen LogP contribution in [0.3, 0.4) is 0 Å². The molecule has 2 aromatic carbocycles. The number of carbonyl (C=O) groups excluding carboxylic acids is 2. The van der Waals surface area contributed by atoms with Crippen LogP contribution in [0, 0.1) is 0 Å². The molecule has 0 aliphatic rings. The maximum Gasteiger partial charge on any atom is 0.221 e. The Hall–Kier alpha value is -3.02. The Bertz CT molecular complexity index is 792. The van der Waals surface area contributed by atoms with Gasteiger partial charge in [-0.25, -0.2) is 0 Å². The molecule has 6 nitrogen and oxygen atoms in total. The molecule has 6 heteroatoms. The third-order valence-electron chi connectivity index (χ3n) is 4.48. The smallest absolute Gasteiger partial charge is 0.221 e. The fourth-order valence-electron chi connectivity index (χ4n) is 2.89. The molecular formula is C22H28N2O4. The van der Waals surface area contributed by atoms with Gasteiger partial charge in [-0.2, -0.15) is 0 Å². The van der Waals surface area contributed by atoms with Crippen molar-refractivity contribution in [3.63, 3.8) is 0 Å². The van der Waals surface area contributed by atoms with Gasteiger partial charge in [-0.05, 0) is 30.2 Å². The molecule has 150 valence electrons. The van der Waals surface area contributed by atoms with E-state index in [0.717, 1.165) is 29.0 Å². The van der Waals surface area contributed by atoms with Crippen LogP contribution in [0.5, 0.6) is 11.5 Å². The summed E-state index contributed by atoms with van der Waals surface area (Å²) in [6.45, 7) is 2.82. The lowest BCUT2D eigenvalue weighted by molar-refractivity contribution is -0.130. The zero-order valence-corrected chi connectivity index (χ0v) is 16.7. The van der Waals surface area contributed by atoms with Crippen LogP contribution < -0.4 is 14.8 Å². The van der Waals surface area contributed by atoms with E-state index in [-0.39, 0.29) is 18.2 Å². The molecule has 0 bridgehead atoms. The number of hydrogen-bond donors (Lipinski definition) is 1. The topological polar surface area (TPSA) is 67.9 Å². The van der Waals surface area contributed by atoms with Crippen molar-refractivity contribution < 1.29 is 19.1 Å². The van der Waals surface area contributed by atoms with E-state index in [1.807, 2.05) is 48.5 Å². The van der Waals surface area contributed by atoms with Gasteiger partial charge >= 0.3 is 0 Å². The molecule has 2 amide bonds. The third-order valence-corrected chi connectivity index (χ3v) is 4.48. The number of hydrogen-bond acceptors (Lipinski definition) is 4. The Labute approximate surface area is 166 Å². The fraction of sp³-hybridized carbons (Fsp3) is 0.364. The van der Waals surface area contributed by atoms with E-state index in [2.05, 4.69) is 5.32 Å². The number of nitrogens with zero attached hydrogens (tertiary/aromatic N) is 1. The summed E-state index contributed by atoms with van der Waals surface area (Å²) in [5, 5.41) is 2.91. The van der Waals surface area contributed by atoms with Crippen molar-refractivity contribution in [3.05, 3.63) is 59.7 Å². The van der Waals surface area contributed by atoms with E-state index in [4.69, 9.17) is 9.47 Å². The summed E-state index contributed by atoms with van der Waals surface area (Å²) in [5.41, 5.74) is 2.01. The first-order chi connectivity index (χ1) is 13.5. The molecule has 0 heterocycles. The van der Waals surface area contributed by atoms with Crippen molar-refractivity contribution in [2.75, 3.05) is 27.3 Å². The average Bonchev–Trinajstić information content (AvgIpc) is 2.71. The van der Waals surface area contributed by atoms with E-state index < -0.39 is 0 Å². The van der Waals surface area contributed by atoms with Gasteiger partial charge in [0.2, 0.25) is 11.8 Å². The van der Waals surface area contributed by atoms with Crippen LogP contribution in [-0.4, -0.2) is 44.0 Å². The summed E-state index contributed by atoms with van der Waals surface area (Å²) in [7, 11) is 3.24. The maximum atomic E-state index is 12.2. The first-order valence-electron chi connectivity index (χ1n) is 9.30. The number of ether oxygens (including phenoxy) is 2. The standard InChI is InChI=1S/C22H28N2O4/c1-17(25)24(16-19-8-4-5-10-21(19)28-3)14-12-22(26)23-13-11-18-7-6-9-20(15-18)27-2/h4-10,15H,11-14,16H2,1-3H3,(H,23,26). The first kappa shape index (κ1) is 21.3. The monoisotopic (exact) mass is 384 g/mol. The lowest BCUT2D eigenvalue weighted by atomic mass is 10.1. The number of benzene rings is 2. The van der Waals surface area contributed by atoms with Crippen molar-refractivity contribution in [1.29, 1.82) is 0 Å². The second-order valence-electron chi connectivity index (χ2n) is 6.45. The molecule has 0 aromatic heterocycles. The molecule has 0 spiro atoms. The highest BCUT2D eigenvalue weighted by Gasteiger charge is 2.14. The molecule has 28 heavy (non-hydrogen) atoms. The van der Waals surface area contributed by atoms with Gasteiger partial charge in [-0.3, -0.25) is 9.59 Å². The van der Waals surface area contributed by atoms with Gasteiger partial charge in [0.1, 0.15) is 11.5 Å². The minimum Gasteiger partial charge on any atom is -0.497 e. The number of carbonyl (C=O) groups is 2. The minimum absolute atomic E-state index is 0.0740. The van der Waals surface area contributed by atoms with E-state index in [9.17, 15) is 9.59 Å². The van der Waals surface area contributed by atoms with E-state index in [0.29, 0.717) is 19.6 Å². The van der Waals surface area contributed by atoms with E-state index in [1.54, 1.807) is 19.1 Å². The summed E-state index contributed by atoms with van der Waals surface area (Å²) in [6.07, 6.45) is 0.980. The predicted molar refractivity (Wildman–Crippen MR) is 108 cm³/mol. The second-order valence-corrected chi connectivity index (χ2v) is 6.45. The quantitative estimate of drug-likeness (QED) is 0.684. The number of rotatable bonds is 10. The average molecular weight is 384 g/mol. The first-order valence-corrected chi connectivity index (χ1v) is 9.30. The number of methoxy groups -OCH3 is 2. The van der Waals surface area contributed by atoms with Crippen LogP contribution in [0.4, 0.5) is 0 Å². The Balaban J connectivity index is 1.80. The van der Waals surface area contributed by atoms with Gasteiger partial charge in [0, 0.05) is 38.5 Å². The minimum atomic E-state index is -0.0748. The van der Waals surface area contributed by atoms with Crippen molar-refractivity contribution >= 4 is 11.8 Å². The van der Waals surface area contributed by atoms with Gasteiger partial charge in [-0.1, -0.05) is 30.3 Å². The molecule has 0 aliphatic heterocycles. The molecule has 0 fully saturated rings. The number of amides is 2. The summed E-state index contributed by atoms with van der Waals surface area (Å²) >= 11 is 0. The molecule has 1 N–H and O–H groups in total. The second kappa shape index (κ2) is 11.0. The molecule has 0 atom stereocenters. The van der Waals surface area contributed by atoms with Crippen molar-refractivity contribution in [2.24, 2.45) is 0 Å². The Kier molecular flexibility index (Phi) is 8.34. The van der Waals surface area contributed by atoms with Crippen molar-refractivity contribution in [1.82, 2.24) is 10.2 Å². The summed E-state index contributed by atoms with van der Waals surface area (Å²) in [5.74, 6) is 1.39. The van der Waals surface area contributed by atoms with Gasteiger partial charge in [0.25, 0.3) is 0 Å². The van der Waals surface area contributed by atoms with Gasteiger partial charge in [0.15, 0.2) is 0 Å². The van der Waals surface area contributed by atoms with Crippen molar-refractivity contribution in [3.8, 4) is 11.5 Å². The van der Waals surface area contributed by atoms with Gasteiger partial charge in [0.05, 0.1) is 14.2 Å². The molecule has 2 rings (SSSR count). The highest BCUT2D eigenvalue weighted by atomic mass is 16.5. The molecule has 2 aromatic rings. The highest BCUT2D eigenvalue weighted by molar-refractivity contribution is 5.78. The Morgan fingerprint density at radius 1 is 1.04 bits per heavy atom. The molecule has 0 saturated heterocycles. The zero-order chi connectivity index (χ0) is 20.4.